The highest BCUT2D eigenvalue weighted by atomic mass is 19.4. The van der Waals surface area contributed by atoms with Crippen LogP contribution in [-0.4, -0.2) is 9.13 Å². The lowest BCUT2D eigenvalue weighted by molar-refractivity contribution is -0.142. The van der Waals surface area contributed by atoms with Gasteiger partial charge in [-0.25, -0.2) is 24.2 Å². The van der Waals surface area contributed by atoms with Crippen LogP contribution in [0.15, 0.2) is 200 Å². The molecule has 17 heteroatoms. The Hall–Kier alpha value is -14.0. The zero-order valence-electron chi connectivity index (χ0n) is 48.2. The van der Waals surface area contributed by atoms with Crippen LogP contribution in [0.4, 0.5) is 54.8 Å². The van der Waals surface area contributed by atoms with Crippen molar-refractivity contribution in [3.63, 3.8) is 0 Å². The summed E-state index contributed by atoms with van der Waals surface area (Å²) in [6.07, 6.45) is -10.7. The minimum absolute atomic E-state index is 0.0258. The van der Waals surface area contributed by atoms with E-state index in [1.165, 1.54) is 54.6 Å². The third-order valence-electron chi connectivity index (χ3n) is 16.4. The molecule has 0 aliphatic heterocycles. The Balaban J connectivity index is 1.14. The van der Waals surface area contributed by atoms with Crippen molar-refractivity contribution >= 4 is 72.0 Å². The molecule has 0 N–H and O–H groups in total. The average Bonchev–Trinajstić information content (AvgIpc) is 1.55. The van der Waals surface area contributed by atoms with Gasteiger partial charge in [-0.15, -0.1) is 0 Å². The molecule has 2 aromatic heterocycles. The third-order valence-corrected chi connectivity index (χ3v) is 16.4. The predicted octanol–water partition coefficient (Wildman–Crippen LogP) is 22.2. The molecule has 0 spiro atoms. The molecule has 0 saturated carbocycles. The summed E-state index contributed by atoms with van der Waals surface area (Å²) >= 11 is 0. The largest absolute Gasteiger partial charge is 0.417 e. The fourth-order valence-corrected chi connectivity index (χ4v) is 12.4. The quantitative estimate of drug-likeness (QED) is 0.111. The van der Waals surface area contributed by atoms with Crippen LogP contribution >= 0.6 is 0 Å². The summed E-state index contributed by atoms with van der Waals surface area (Å²) < 4.78 is 97.7. The molecule has 438 valence electrons. The Morgan fingerprint density at radius 2 is 0.660 bits per heavy atom. The minimum atomic E-state index is -5.34. The molecule has 0 bridgehead atoms. The standard InChI is InChI=1S/C77H33F6N11/c1-88-55-13-20-74(94-72-18-11-49(53-23-45(41-86)27-58(31-53)91-4)35-65(72)66-36-50(12-19-73(66)94)54-24-46(42-87)28-59(32-54)92-5)67(37-55)62-38-60(14-15-61(62)75-68(76(78,79)80)7-6-8-69(75)77(81,82)83)93-70-16-9-47(51-21-43(39-84)25-56(29-51)89-2)33-63(70)64-34-48(10-17-71(64)93)52-22-44(40-85)26-57(30-52)90-3/h6-38H. The molecular weight excluding hydrogens is 1190 g/mol. The van der Waals surface area contributed by atoms with E-state index in [-0.39, 0.29) is 73.2 Å². The van der Waals surface area contributed by atoms with E-state index in [4.69, 9.17) is 32.9 Å². The Labute approximate surface area is 531 Å². The van der Waals surface area contributed by atoms with E-state index in [2.05, 4.69) is 48.5 Å². The van der Waals surface area contributed by atoms with Crippen LogP contribution < -0.4 is 0 Å². The fourth-order valence-electron chi connectivity index (χ4n) is 12.4. The zero-order valence-corrected chi connectivity index (χ0v) is 48.2. The van der Waals surface area contributed by atoms with Crippen LogP contribution in [0.25, 0.3) is 146 Å². The second-order valence-electron chi connectivity index (χ2n) is 21.8. The van der Waals surface area contributed by atoms with Crippen LogP contribution in [0.1, 0.15) is 33.4 Å². The van der Waals surface area contributed by atoms with Crippen LogP contribution in [0, 0.1) is 78.2 Å². The SMILES string of the molecule is [C-]#[N+]c1cc(C#N)cc(-c2ccc3c(c2)c2cc(-c4cc(C#N)cc([N+]#[C-])c4)ccc2n3-c2ccc(-c3c(C(F)(F)F)cccc3C(F)(F)F)c(-c3cc([N+]#[C-])ccc3-n3c4ccc(-c5cc(C#N)cc([N+]#[C-])c5)cc4c4cc(-c5cc(C#N)cc([N+]#[C-])c5)ccc43)c2)c1. The van der Waals surface area contributed by atoms with Crippen molar-refractivity contribution in [1.29, 1.82) is 21.0 Å². The smallest absolute Gasteiger partial charge is 0.309 e. The van der Waals surface area contributed by atoms with E-state index < -0.39 is 34.6 Å². The van der Waals surface area contributed by atoms with Gasteiger partial charge in [-0.1, -0.05) is 42.5 Å². The maximum Gasteiger partial charge on any atom is 0.417 e. The molecule has 13 aromatic rings. The topological polar surface area (TPSA) is 127 Å². The van der Waals surface area contributed by atoms with E-state index in [9.17, 15) is 21.0 Å². The lowest BCUT2D eigenvalue weighted by Crippen LogP contribution is -2.14. The van der Waals surface area contributed by atoms with Crippen LogP contribution in [0.3, 0.4) is 0 Å². The molecule has 0 saturated heterocycles. The first-order valence-corrected chi connectivity index (χ1v) is 28.2. The van der Waals surface area contributed by atoms with Gasteiger partial charge in [-0.05, 0) is 219 Å². The minimum Gasteiger partial charge on any atom is -0.309 e. The van der Waals surface area contributed by atoms with Gasteiger partial charge in [-0.3, -0.25) is 0 Å². The van der Waals surface area contributed by atoms with E-state index in [1.807, 2.05) is 24.3 Å². The highest BCUT2D eigenvalue weighted by Gasteiger charge is 2.42. The monoisotopic (exact) mass is 1230 g/mol. The Kier molecular flexibility index (Phi) is 14.4. The summed E-state index contributed by atoms with van der Waals surface area (Å²) in [7, 11) is 0. The number of halogens is 6. The second kappa shape index (κ2) is 22.9. The van der Waals surface area contributed by atoms with E-state index in [0.717, 1.165) is 0 Å². The van der Waals surface area contributed by atoms with Crippen molar-refractivity contribution < 1.29 is 26.3 Å². The predicted molar refractivity (Wildman–Crippen MR) is 348 cm³/mol. The van der Waals surface area contributed by atoms with Crippen LogP contribution in [-0.2, 0) is 12.4 Å². The first-order chi connectivity index (χ1) is 45.4. The maximum atomic E-state index is 15.7. The van der Waals surface area contributed by atoms with Gasteiger partial charge >= 0.3 is 12.4 Å². The highest BCUT2D eigenvalue weighted by molar-refractivity contribution is 6.14. The first-order valence-electron chi connectivity index (χ1n) is 28.2. The third kappa shape index (κ3) is 10.3. The molecule has 0 amide bonds. The molecule has 0 aliphatic carbocycles. The Morgan fingerprint density at radius 3 is 0.989 bits per heavy atom. The van der Waals surface area contributed by atoms with E-state index in [1.54, 1.807) is 112 Å². The summed E-state index contributed by atoms with van der Waals surface area (Å²) in [6.45, 7) is 39.6. The van der Waals surface area contributed by atoms with Gasteiger partial charge in [0.25, 0.3) is 0 Å². The van der Waals surface area contributed by atoms with Gasteiger partial charge in [0.05, 0.1) is 96.0 Å². The molecule has 13 rings (SSSR count). The summed E-state index contributed by atoms with van der Waals surface area (Å²) in [5.74, 6) is 0. The van der Waals surface area contributed by atoms with Crippen molar-refractivity contribution in [2.24, 2.45) is 0 Å². The van der Waals surface area contributed by atoms with E-state index in [0.29, 0.717) is 106 Å². The molecule has 0 radical (unpaired) electrons. The van der Waals surface area contributed by atoms with E-state index >= 15 is 26.3 Å². The number of rotatable bonds is 8. The average molecular weight is 1230 g/mol. The number of alkyl halides is 6. The number of benzene rings is 11. The highest BCUT2D eigenvalue weighted by Crippen LogP contribution is 2.51. The van der Waals surface area contributed by atoms with Crippen molar-refractivity contribution in [1.82, 2.24) is 9.13 Å². The molecule has 2 heterocycles. The summed E-state index contributed by atoms with van der Waals surface area (Å²) in [6, 6.07) is 59.2. The summed E-state index contributed by atoms with van der Waals surface area (Å²) in [4.78, 5) is 18.1. The second-order valence-corrected chi connectivity index (χ2v) is 21.8. The number of nitriles is 4. The molecular formula is C77H33F6N11. The van der Waals surface area contributed by atoms with Gasteiger partial charge in [-0.2, -0.15) is 47.4 Å². The number of fused-ring (bicyclic) bond motifs is 6. The molecule has 94 heavy (non-hydrogen) atoms. The van der Waals surface area contributed by atoms with Crippen molar-refractivity contribution in [3.05, 3.63) is 291 Å². The first kappa shape index (κ1) is 59.0. The molecule has 0 unspecified atom stereocenters. The van der Waals surface area contributed by atoms with Crippen molar-refractivity contribution in [2.45, 2.75) is 12.4 Å². The maximum absolute atomic E-state index is 15.7. The molecule has 0 fully saturated rings. The van der Waals surface area contributed by atoms with Crippen molar-refractivity contribution in [3.8, 4) is 102 Å². The Morgan fingerprint density at radius 1 is 0.309 bits per heavy atom. The lowest BCUT2D eigenvalue weighted by Gasteiger charge is -2.23. The normalized spacial score (nSPS) is 11.2. The van der Waals surface area contributed by atoms with Gasteiger partial charge < -0.3 is 9.13 Å². The van der Waals surface area contributed by atoms with Crippen molar-refractivity contribution in [2.75, 3.05) is 0 Å². The number of hydrogen-bond acceptors (Lipinski definition) is 4. The summed E-state index contributed by atoms with van der Waals surface area (Å²) in [5, 5.41) is 42.3. The molecule has 11 aromatic carbocycles. The van der Waals surface area contributed by atoms with Gasteiger partial charge in [0, 0.05) is 55.0 Å². The fraction of sp³-hybridized carbons (Fsp3) is 0.0260. The summed E-state index contributed by atoms with van der Waals surface area (Å²) in [5.41, 5.74) is 3.45. The Bertz CT molecular complexity index is 5490. The van der Waals surface area contributed by atoms with Gasteiger partial charge in [0.1, 0.15) is 0 Å². The van der Waals surface area contributed by atoms with Crippen LogP contribution in [0.2, 0.25) is 0 Å². The lowest BCUT2D eigenvalue weighted by atomic mass is 9.87. The van der Waals surface area contributed by atoms with Gasteiger partial charge in [0.15, 0.2) is 28.4 Å². The van der Waals surface area contributed by atoms with Gasteiger partial charge in [0.2, 0.25) is 0 Å². The van der Waals surface area contributed by atoms with Crippen LogP contribution in [0.5, 0.6) is 0 Å². The number of hydrogen-bond donors (Lipinski definition) is 0. The molecule has 0 atom stereocenters. The molecule has 11 nitrogen and oxygen atoms in total. The zero-order chi connectivity index (χ0) is 65.9. The number of aromatic nitrogens is 2. The molecule has 0 aliphatic rings. The number of nitrogens with zero attached hydrogens (tertiary/aromatic N) is 11.